The van der Waals surface area contributed by atoms with E-state index in [1.807, 2.05) is 13.0 Å². The number of nitrogens with one attached hydrogen (secondary N) is 1. The minimum absolute atomic E-state index is 0.239. The molecule has 120 valence electrons. The van der Waals surface area contributed by atoms with Crippen LogP contribution in [0.5, 0.6) is 0 Å². The van der Waals surface area contributed by atoms with Crippen LogP contribution in [0.3, 0.4) is 0 Å². The van der Waals surface area contributed by atoms with Crippen LogP contribution in [0.25, 0.3) is 0 Å². The van der Waals surface area contributed by atoms with E-state index in [-0.39, 0.29) is 18.9 Å². The summed E-state index contributed by atoms with van der Waals surface area (Å²) in [6.07, 6.45) is 3.18. The van der Waals surface area contributed by atoms with E-state index in [4.69, 9.17) is 5.11 Å². The summed E-state index contributed by atoms with van der Waals surface area (Å²) in [6, 6.07) is 4.42. The van der Waals surface area contributed by atoms with Crippen LogP contribution in [0.2, 0.25) is 0 Å². The van der Waals surface area contributed by atoms with E-state index in [2.05, 4.69) is 28.3 Å². The molecule has 1 aliphatic rings. The van der Waals surface area contributed by atoms with Gasteiger partial charge in [0.15, 0.2) is 0 Å². The Labute approximate surface area is 130 Å². The number of carbonyl (C=O) groups excluding carboxylic acids is 1. The number of rotatable bonds is 6. The summed E-state index contributed by atoms with van der Waals surface area (Å²) in [4.78, 5) is 29.0. The van der Waals surface area contributed by atoms with E-state index in [1.54, 1.807) is 0 Å². The highest BCUT2D eigenvalue weighted by atomic mass is 16.4. The molecule has 0 aliphatic carbocycles. The van der Waals surface area contributed by atoms with E-state index < -0.39 is 5.97 Å². The number of hydrogen-bond acceptors (Lipinski definition) is 4. The molecule has 2 rings (SSSR count). The van der Waals surface area contributed by atoms with Gasteiger partial charge < -0.3 is 10.4 Å². The maximum Gasteiger partial charge on any atom is 0.322 e. The van der Waals surface area contributed by atoms with Crippen molar-refractivity contribution in [2.75, 3.05) is 20.1 Å². The number of carbonyl (C=O) groups is 2. The first-order chi connectivity index (χ1) is 10.5. The van der Waals surface area contributed by atoms with Gasteiger partial charge in [-0.05, 0) is 57.5 Å². The molecule has 2 N–H and O–H groups in total. The molecule has 2 heterocycles. The molecule has 0 spiro atoms. The van der Waals surface area contributed by atoms with Gasteiger partial charge in [0.05, 0.1) is 11.7 Å². The summed E-state index contributed by atoms with van der Waals surface area (Å²) in [5, 5.41) is 10.9. The van der Waals surface area contributed by atoms with Gasteiger partial charge in [-0.25, -0.2) is 0 Å². The number of aromatic nitrogens is 1. The predicted molar refractivity (Wildman–Crippen MR) is 82.5 cm³/mol. The normalized spacial score (nSPS) is 18.4. The summed E-state index contributed by atoms with van der Waals surface area (Å²) < 4.78 is 0. The molecule has 6 heteroatoms. The van der Waals surface area contributed by atoms with Gasteiger partial charge in [0.25, 0.3) is 0 Å². The van der Waals surface area contributed by atoms with Crippen molar-refractivity contribution in [2.24, 2.45) is 0 Å². The van der Waals surface area contributed by atoms with Crippen molar-refractivity contribution in [3.8, 4) is 0 Å². The van der Waals surface area contributed by atoms with Crippen LogP contribution >= 0.6 is 0 Å². The predicted octanol–water partition coefficient (Wildman–Crippen LogP) is 1.29. The van der Waals surface area contributed by atoms with Crippen LogP contribution in [-0.4, -0.2) is 47.0 Å². The second-order valence-electron chi connectivity index (χ2n) is 5.85. The molecule has 1 aromatic heterocycles. The molecule has 1 aromatic rings. The minimum Gasteiger partial charge on any atom is -0.480 e. The van der Waals surface area contributed by atoms with Gasteiger partial charge >= 0.3 is 5.97 Å². The summed E-state index contributed by atoms with van der Waals surface area (Å²) in [5.41, 5.74) is 3.10. The van der Waals surface area contributed by atoms with Gasteiger partial charge in [-0.3, -0.25) is 19.5 Å². The standard InChI is InChI=1S/C16H23N3O3/c1-11-8-12(5-6-15(20)17-10-16(21)22)9-13(18-11)14-4-3-7-19(14)2/h8-9,14H,3-7,10H2,1-2H3,(H,17,20)(H,21,22). The molecule has 0 bridgehead atoms. The number of likely N-dealkylation sites (tertiary alicyclic amines) is 1. The highest BCUT2D eigenvalue weighted by Crippen LogP contribution is 2.29. The van der Waals surface area contributed by atoms with Crippen molar-refractivity contribution in [3.05, 3.63) is 29.1 Å². The Morgan fingerprint density at radius 1 is 1.45 bits per heavy atom. The molecule has 1 atom stereocenters. The number of aliphatic carboxylic acids is 1. The summed E-state index contributed by atoms with van der Waals surface area (Å²) >= 11 is 0. The third-order valence-electron chi connectivity index (χ3n) is 3.97. The third-order valence-corrected chi connectivity index (χ3v) is 3.97. The zero-order chi connectivity index (χ0) is 16.1. The lowest BCUT2D eigenvalue weighted by Gasteiger charge is -2.20. The van der Waals surface area contributed by atoms with Crippen LogP contribution < -0.4 is 5.32 Å². The number of aryl methyl sites for hydroxylation is 2. The maximum atomic E-state index is 11.6. The lowest BCUT2D eigenvalue weighted by atomic mass is 10.0. The van der Waals surface area contributed by atoms with Gasteiger partial charge in [-0.2, -0.15) is 0 Å². The van der Waals surface area contributed by atoms with Crippen LogP contribution in [-0.2, 0) is 16.0 Å². The number of nitrogens with zero attached hydrogens (tertiary/aromatic N) is 2. The van der Waals surface area contributed by atoms with Gasteiger partial charge in [0.1, 0.15) is 6.54 Å². The SMILES string of the molecule is Cc1cc(CCC(=O)NCC(=O)O)cc(C2CCCN2C)n1. The molecule has 1 amide bonds. The van der Waals surface area contributed by atoms with Gasteiger partial charge in [-0.1, -0.05) is 0 Å². The lowest BCUT2D eigenvalue weighted by Crippen LogP contribution is -2.29. The molecular formula is C16H23N3O3. The first kappa shape index (κ1) is 16.4. The third kappa shape index (κ3) is 4.53. The lowest BCUT2D eigenvalue weighted by molar-refractivity contribution is -0.137. The van der Waals surface area contributed by atoms with Crippen LogP contribution in [0, 0.1) is 6.92 Å². The van der Waals surface area contributed by atoms with Crippen molar-refractivity contribution in [1.82, 2.24) is 15.2 Å². The van der Waals surface area contributed by atoms with Gasteiger partial charge in [-0.15, -0.1) is 0 Å². The van der Waals surface area contributed by atoms with Crippen molar-refractivity contribution in [1.29, 1.82) is 0 Å². The molecule has 6 nitrogen and oxygen atoms in total. The van der Waals surface area contributed by atoms with E-state index in [0.717, 1.165) is 29.9 Å². The molecule has 0 aromatic carbocycles. The van der Waals surface area contributed by atoms with E-state index in [1.165, 1.54) is 6.42 Å². The van der Waals surface area contributed by atoms with Crippen LogP contribution in [0.15, 0.2) is 12.1 Å². The van der Waals surface area contributed by atoms with Crippen LogP contribution in [0.1, 0.15) is 42.3 Å². The molecule has 0 saturated carbocycles. The monoisotopic (exact) mass is 305 g/mol. The van der Waals surface area contributed by atoms with Gasteiger partial charge in [0.2, 0.25) is 5.91 Å². The van der Waals surface area contributed by atoms with Crippen LogP contribution in [0.4, 0.5) is 0 Å². The highest BCUT2D eigenvalue weighted by molar-refractivity contribution is 5.81. The summed E-state index contributed by atoms with van der Waals surface area (Å²) in [7, 11) is 2.11. The number of carboxylic acid groups (broad SMARTS) is 1. The topological polar surface area (TPSA) is 82.5 Å². The molecule has 1 saturated heterocycles. The van der Waals surface area contributed by atoms with Gasteiger partial charge in [0, 0.05) is 12.1 Å². The Balaban J connectivity index is 1.98. The smallest absolute Gasteiger partial charge is 0.322 e. The summed E-state index contributed by atoms with van der Waals surface area (Å²) in [6.45, 7) is 2.73. The largest absolute Gasteiger partial charge is 0.480 e. The highest BCUT2D eigenvalue weighted by Gasteiger charge is 2.24. The Kier molecular flexibility index (Phi) is 5.49. The fourth-order valence-electron chi connectivity index (χ4n) is 2.89. The van der Waals surface area contributed by atoms with Crippen molar-refractivity contribution >= 4 is 11.9 Å². The first-order valence-corrected chi connectivity index (χ1v) is 7.62. The number of hydrogen-bond donors (Lipinski definition) is 2. The zero-order valence-corrected chi connectivity index (χ0v) is 13.1. The molecular weight excluding hydrogens is 282 g/mol. The first-order valence-electron chi connectivity index (χ1n) is 7.62. The summed E-state index contributed by atoms with van der Waals surface area (Å²) in [5.74, 6) is -1.27. The molecule has 1 aliphatic heterocycles. The fraction of sp³-hybridized carbons (Fsp3) is 0.562. The van der Waals surface area contributed by atoms with Crippen molar-refractivity contribution in [2.45, 2.75) is 38.6 Å². The van der Waals surface area contributed by atoms with E-state index in [0.29, 0.717) is 12.5 Å². The number of amides is 1. The Morgan fingerprint density at radius 2 is 2.23 bits per heavy atom. The second kappa shape index (κ2) is 7.35. The van der Waals surface area contributed by atoms with Crippen molar-refractivity contribution in [3.63, 3.8) is 0 Å². The maximum absolute atomic E-state index is 11.6. The minimum atomic E-state index is -1.03. The number of carboxylic acids is 1. The van der Waals surface area contributed by atoms with E-state index >= 15 is 0 Å². The fourth-order valence-corrected chi connectivity index (χ4v) is 2.89. The van der Waals surface area contributed by atoms with Crippen molar-refractivity contribution < 1.29 is 14.7 Å². The second-order valence-corrected chi connectivity index (χ2v) is 5.85. The Hall–Kier alpha value is -1.95. The van der Waals surface area contributed by atoms with E-state index in [9.17, 15) is 9.59 Å². The molecule has 0 radical (unpaired) electrons. The Bertz CT molecular complexity index is 560. The average Bonchev–Trinajstić information content (AvgIpc) is 2.88. The quantitative estimate of drug-likeness (QED) is 0.827. The molecule has 1 fully saturated rings. The Morgan fingerprint density at radius 3 is 2.86 bits per heavy atom. The molecule has 22 heavy (non-hydrogen) atoms. The zero-order valence-electron chi connectivity index (χ0n) is 13.1. The molecule has 1 unspecified atom stereocenters. The average molecular weight is 305 g/mol. The number of pyridine rings is 1.